The number of benzene rings is 1. The average Bonchev–Trinajstić information content (AvgIpc) is 2.55. The van der Waals surface area contributed by atoms with Gasteiger partial charge in [0.15, 0.2) is 5.82 Å². The van der Waals surface area contributed by atoms with Gasteiger partial charge in [0.2, 0.25) is 5.91 Å². The predicted molar refractivity (Wildman–Crippen MR) is 94.9 cm³/mol. The number of carbonyl (C=O) groups is 2. The summed E-state index contributed by atoms with van der Waals surface area (Å²) in [6, 6.07) is 4.61. The molecule has 2 rings (SSSR count). The third-order valence-corrected chi connectivity index (χ3v) is 4.56. The zero-order chi connectivity index (χ0) is 19.6. The lowest BCUT2D eigenvalue weighted by Gasteiger charge is -2.27. The summed E-state index contributed by atoms with van der Waals surface area (Å²) in [5.74, 6) is -2.62. The fourth-order valence-corrected chi connectivity index (χ4v) is 3.13. The number of nitrogens with zero attached hydrogens (tertiary/aromatic N) is 1. The van der Waals surface area contributed by atoms with Crippen LogP contribution < -0.4 is 10.6 Å². The predicted octanol–water partition coefficient (Wildman–Crippen LogP) is 2.71. The van der Waals surface area contributed by atoms with Gasteiger partial charge in [0.25, 0.3) is 5.70 Å². The molecule has 138 valence electrons. The second-order valence-corrected chi connectivity index (χ2v) is 6.22. The van der Waals surface area contributed by atoms with Crippen LogP contribution in [0.1, 0.15) is 25.3 Å². The fraction of sp³-hybridized carbons (Fsp3) is 0.250. The number of halogens is 2. The number of methoxy groups -OCH3 is 1. The molecule has 0 fully saturated rings. The van der Waals surface area contributed by atoms with Crippen molar-refractivity contribution in [3.05, 3.63) is 66.7 Å². The monoisotopic (exact) mass is 399 g/mol. The largest absolute Gasteiger partial charge is 0.466 e. The SMILES string of the molecule is COC(=O)C1=C(C)NC(NC(C)=O)=C([N+](=O)[O-])C1c1cccc(Cl)c1Cl. The lowest BCUT2D eigenvalue weighted by Crippen LogP contribution is -2.39. The molecule has 1 aliphatic rings. The van der Waals surface area contributed by atoms with Crippen LogP contribution >= 0.6 is 23.2 Å². The van der Waals surface area contributed by atoms with E-state index in [2.05, 4.69) is 10.6 Å². The van der Waals surface area contributed by atoms with Crippen LogP contribution in [0.2, 0.25) is 10.0 Å². The van der Waals surface area contributed by atoms with Crippen molar-refractivity contribution in [2.45, 2.75) is 19.8 Å². The smallest absolute Gasteiger partial charge is 0.336 e. The van der Waals surface area contributed by atoms with E-state index in [4.69, 9.17) is 27.9 Å². The molecule has 0 aromatic heterocycles. The number of nitro groups is 1. The van der Waals surface area contributed by atoms with Crippen LogP contribution in [-0.4, -0.2) is 23.9 Å². The minimum Gasteiger partial charge on any atom is -0.466 e. The van der Waals surface area contributed by atoms with Gasteiger partial charge >= 0.3 is 5.97 Å². The zero-order valence-corrected chi connectivity index (χ0v) is 15.6. The molecular weight excluding hydrogens is 385 g/mol. The van der Waals surface area contributed by atoms with Crippen molar-refractivity contribution in [3.63, 3.8) is 0 Å². The van der Waals surface area contributed by atoms with E-state index < -0.39 is 28.4 Å². The number of hydrogen-bond donors (Lipinski definition) is 2. The Hall–Kier alpha value is -2.58. The van der Waals surface area contributed by atoms with E-state index >= 15 is 0 Å². The number of carbonyl (C=O) groups excluding carboxylic acids is 2. The van der Waals surface area contributed by atoms with Gasteiger partial charge in [-0.1, -0.05) is 35.3 Å². The van der Waals surface area contributed by atoms with Crippen LogP contribution in [-0.2, 0) is 14.3 Å². The van der Waals surface area contributed by atoms with E-state index in [1.165, 1.54) is 26.0 Å². The van der Waals surface area contributed by atoms with Crippen LogP contribution in [0.15, 0.2) is 41.0 Å². The first-order valence-corrected chi connectivity index (χ1v) is 8.10. The molecule has 0 saturated heterocycles. The quantitative estimate of drug-likeness (QED) is 0.457. The highest BCUT2D eigenvalue weighted by molar-refractivity contribution is 6.42. The van der Waals surface area contributed by atoms with Crippen molar-refractivity contribution in [2.24, 2.45) is 0 Å². The van der Waals surface area contributed by atoms with Gasteiger partial charge in [-0.2, -0.15) is 0 Å². The maximum Gasteiger partial charge on any atom is 0.336 e. The summed E-state index contributed by atoms with van der Waals surface area (Å²) in [7, 11) is 1.16. The third-order valence-electron chi connectivity index (χ3n) is 3.73. The Morgan fingerprint density at radius 2 is 2.00 bits per heavy atom. The van der Waals surface area contributed by atoms with Crippen LogP contribution in [0, 0.1) is 10.1 Å². The first-order chi connectivity index (χ1) is 12.2. The Labute approximate surface area is 158 Å². The molecule has 2 N–H and O–H groups in total. The Kier molecular flexibility index (Phi) is 5.89. The van der Waals surface area contributed by atoms with E-state index in [1.54, 1.807) is 6.07 Å². The molecule has 1 aromatic rings. The molecule has 0 saturated carbocycles. The summed E-state index contributed by atoms with van der Waals surface area (Å²) in [5, 5.41) is 17.1. The van der Waals surface area contributed by atoms with Crippen LogP contribution in [0.25, 0.3) is 0 Å². The van der Waals surface area contributed by atoms with Gasteiger partial charge in [0, 0.05) is 12.6 Å². The van der Waals surface area contributed by atoms with Gasteiger partial charge in [-0.15, -0.1) is 0 Å². The number of allylic oxidation sites excluding steroid dienone is 2. The van der Waals surface area contributed by atoms with Crippen molar-refractivity contribution < 1.29 is 19.2 Å². The van der Waals surface area contributed by atoms with Gasteiger partial charge in [-0.05, 0) is 18.6 Å². The van der Waals surface area contributed by atoms with Crippen molar-refractivity contribution in [3.8, 4) is 0 Å². The van der Waals surface area contributed by atoms with Gasteiger partial charge < -0.3 is 15.4 Å². The van der Waals surface area contributed by atoms with E-state index in [0.29, 0.717) is 0 Å². The summed E-state index contributed by atoms with van der Waals surface area (Å²) in [4.78, 5) is 34.9. The number of nitrogens with one attached hydrogen (secondary N) is 2. The number of rotatable bonds is 4. The van der Waals surface area contributed by atoms with Gasteiger partial charge in [0.05, 0.1) is 27.7 Å². The van der Waals surface area contributed by atoms with Crippen molar-refractivity contribution in [1.29, 1.82) is 0 Å². The zero-order valence-electron chi connectivity index (χ0n) is 14.1. The Morgan fingerprint density at radius 3 is 2.54 bits per heavy atom. The lowest BCUT2D eigenvalue weighted by molar-refractivity contribution is -0.431. The molecule has 1 aliphatic heterocycles. The molecule has 26 heavy (non-hydrogen) atoms. The standard InChI is InChI=1S/C16H15Cl2N3O5/c1-7-11(16(23)26-3)12(9-5-4-6-10(17)13(9)18)14(21(24)25)15(19-7)20-8(2)22/h4-6,12,19H,1-3H3,(H,20,22). The van der Waals surface area contributed by atoms with Gasteiger partial charge in [-0.25, -0.2) is 4.79 Å². The summed E-state index contributed by atoms with van der Waals surface area (Å²) < 4.78 is 4.78. The highest BCUT2D eigenvalue weighted by atomic mass is 35.5. The van der Waals surface area contributed by atoms with Gasteiger partial charge in [-0.3, -0.25) is 14.9 Å². The summed E-state index contributed by atoms with van der Waals surface area (Å²) >= 11 is 12.3. The highest BCUT2D eigenvalue weighted by Gasteiger charge is 2.43. The second-order valence-electron chi connectivity index (χ2n) is 5.43. The number of amides is 1. The number of ether oxygens (including phenoxy) is 1. The summed E-state index contributed by atoms with van der Waals surface area (Å²) in [5.41, 5.74) is 0.0787. The normalized spacial score (nSPS) is 16.9. The molecular formula is C16H15Cl2N3O5. The van der Waals surface area contributed by atoms with E-state index in [-0.39, 0.29) is 32.7 Å². The second kappa shape index (κ2) is 7.76. The Bertz CT molecular complexity index is 863. The molecule has 1 heterocycles. The van der Waals surface area contributed by atoms with Crippen LogP contribution in [0.4, 0.5) is 0 Å². The number of dihydropyridines is 1. The fourth-order valence-electron chi connectivity index (χ4n) is 2.71. The molecule has 0 aliphatic carbocycles. The molecule has 10 heteroatoms. The Balaban J connectivity index is 2.81. The Morgan fingerprint density at radius 1 is 1.35 bits per heavy atom. The molecule has 0 bridgehead atoms. The first-order valence-electron chi connectivity index (χ1n) is 7.35. The molecule has 1 unspecified atom stereocenters. The van der Waals surface area contributed by atoms with Crippen molar-refractivity contribution >= 4 is 35.1 Å². The minimum atomic E-state index is -1.19. The molecule has 8 nitrogen and oxygen atoms in total. The summed E-state index contributed by atoms with van der Waals surface area (Å²) in [6.45, 7) is 2.75. The van der Waals surface area contributed by atoms with E-state index in [1.807, 2.05) is 0 Å². The minimum absolute atomic E-state index is 0.00234. The van der Waals surface area contributed by atoms with Crippen LogP contribution in [0.3, 0.4) is 0 Å². The average molecular weight is 400 g/mol. The molecule has 1 atom stereocenters. The highest BCUT2D eigenvalue weighted by Crippen LogP contribution is 2.42. The van der Waals surface area contributed by atoms with Crippen molar-refractivity contribution in [2.75, 3.05) is 7.11 Å². The van der Waals surface area contributed by atoms with Crippen molar-refractivity contribution in [1.82, 2.24) is 10.6 Å². The maximum absolute atomic E-state index is 12.3. The third kappa shape index (κ3) is 3.66. The van der Waals surface area contributed by atoms with E-state index in [0.717, 1.165) is 7.11 Å². The van der Waals surface area contributed by atoms with Crippen LogP contribution in [0.5, 0.6) is 0 Å². The summed E-state index contributed by atoms with van der Waals surface area (Å²) in [6.07, 6.45) is 0. The topological polar surface area (TPSA) is 111 Å². The number of hydrogen-bond acceptors (Lipinski definition) is 6. The lowest BCUT2D eigenvalue weighted by atomic mass is 9.84. The number of esters is 1. The molecule has 0 spiro atoms. The molecule has 1 aromatic carbocycles. The van der Waals surface area contributed by atoms with E-state index in [9.17, 15) is 19.7 Å². The molecule has 1 amide bonds. The van der Waals surface area contributed by atoms with Gasteiger partial charge in [0.1, 0.15) is 5.92 Å². The molecule has 0 radical (unpaired) electrons. The maximum atomic E-state index is 12.3. The first kappa shape index (κ1) is 19.7.